The summed E-state index contributed by atoms with van der Waals surface area (Å²) in [7, 11) is 4.37. The molecule has 84 heavy (non-hydrogen) atoms. The van der Waals surface area contributed by atoms with Crippen LogP contribution in [0.1, 0.15) is 98.4 Å². The molecule has 422 valence electrons. The Morgan fingerprint density at radius 3 is 1.04 bits per heavy atom. The first-order valence-corrected chi connectivity index (χ1v) is 30.0. The number of fused-ring (bicyclic) bond motifs is 12. The molecule has 0 N–H and O–H groups in total. The van der Waals surface area contributed by atoms with E-state index in [-0.39, 0.29) is 34.1 Å². The van der Waals surface area contributed by atoms with Crippen molar-refractivity contribution in [3.8, 4) is 0 Å². The average molecular weight is 1110 g/mol. The van der Waals surface area contributed by atoms with E-state index in [1.807, 2.05) is 6.92 Å². The minimum atomic E-state index is -0.560. The van der Waals surface area contributed by atoms with Crippen LogP contribution in [-0.2, 0) is 31.1 Å². The van der Waals surface area contributed by atoms with Crippen molar-refractivity contribution in [2.45, 2.75) is 117 Å². The topological polar surface area (TPSA) is 31.0 Å². The number of benzene rings is 8. The maximum atomic E-state index is 7.04. The van der Waals surface area contributed by atoms with Gasteiger partial charge < -0.3 is 19.3 Å². The van der Waals surface area contributed by atoms with Crippen molar-refractivity contribution >= 4 is 77.3 Å². The minimum Gasteiger partial charge on any atom is -0.330 e. The Hall–Kier alpha value is -8.42. The van der Waals surface area contributed by atoms with Gasteiger partial charge in [0.25, 0.3) is 0 Å². The van der Waals surface area contributed by atoms with Crippen molar-refractivity contribution in [2.75, 3.05) is 23.9 Å². The van der Waals surface area contributed by atoms with Gasteiger partial charge in [-0.25, -0.2) is 0 Å². The molecule has 0 bridgehead atoms. The van der Waals surface area contributed by atoms with E-state index in [0.717, 1.165) is 22.8 Å². The summed E-state index contributed by atoms with van der Waals surface area (Å²) < 4.78 is 18.8. The Labute approximate surface area is 498 Å². The van der Waals surface area contributed by atoms with Crippen LogP contribution < -0.4 is 9.80 Å². The van der Waals surface area contributed by atoms with Gasteiger partial charge in [0.05, 0.1) is 10.8 Å². The molecule has 8 aromatic carbocycles. The van der Waals surface area contributed by atoms with Crippen LogP contribution in [-0.4, -0.2) is 53.4 Å². The maximum Gasteiger partial charge on any atom is 0.210 e. The van der Waals surface area contributed by atoms with Crippen molar-refractivity contribution < 1.29 is 18.6 Å². The van der Waals surface area contributed by atoms with Gasteiger partial charge in [0.2, 0.25) is 11.4 Å². The van der Waals surface area contributed by atoms with E-state index in [9.17, 15) is 0 Å². The molecule has 4 aliphatic heterocycles. The van der Waals surface area contributed by atoms with Crippen molar-refractivity contribution in [1.82, 2.24) is 0 Å². The van der Waals surface area contributed by atoms with Crippen LogP contribution in [0.2, 0.25) is 0 Å². The summed E-state index contributed by atoms with van der Waals surface area (Å²) in [5, 5.41) is 10.2. The van der Waals surface area contributed by atoms with Crippen molar-refractivity contribution in [3.63, 3.8) is 0 Å². The Bertz CT molecular complexity index is 4020. The summed E-state index contributed by atoms with van der Waals surface area (Å²) in [6.07, 6.45) is 29.2. The Morgan fingerprint density at radius 2 is 0.667 bits per heavy atom. The van der Waals surface area contributed by atoms with E-state index >= 15 is 0 Å². The summed E-state index contributed by atoms with van der Waals surface area (Å²) in [5.74, 6) is 0. The SMILES string of the molecule is CC(OC(C)N1C(=CC=CC=CC=CC2=[N+](C)c3ccc4ccccc4c3C2(C)C)C(C)(C)c2c1ccc1ccccc21)OC(C)N1C(=CC=CC=CC=CC2=[N+](C)c3ccc4ccccc4c3C2(C)C)C(C)(C)c2c1ccc1ccccc21. The lowest BCUT2D eigenvalue weighted by molar-refractivity contribution is -0.401. The van der Waals surface area contributed by atoms with Gasteiger partial charge in [-0.3, -0.25) is 0 Å². The molecule has 0 aromatic heterocycles. The second kappa shape index (κ2) is 21.6. The highest BCUT2D eigenvalue weighted by molar-refractivity contribution is 6.09. The third-order valence-electron chi connectivity index (χ3n) is 18.6. The lowest BCUT2D eigenvalue weighted by Gasteiger charge is -2.36. The van der Waals surface area contributed by atoms with E-state index < -0.39 is 6.29 Å². The number of hydrogen-bond acceptors (Lipinski definition) is 4. The molecule has 12 rings (SSSR count). The fourth-order valence-corrected chi connectivity index (χ4v) is 14.8. The van der Waals surface area contributed by atoms with Crippen LogP contribution in [0.4, 0.5) is 22.7 Å². The lowest BCUT2D eigenvalue weighted by Crippen LogP contribution is -2.41. The van der Waals surface area contributed by atoms with Gasteiger partial charge in [-0.2, -0.15) is 9.15 Å². The summed E-state index contributed by atoms with van der Waals surface area (Å²) in [5.41, 5.74) is 14.1. The van der Waals surface area contributed by atoms with Crippen LogP contribution >= 0.6 is 0 Å². The monoisotopic (exact) mass is 1100 g/mol. The summed E-state index contributed by atoms with van der Waals surface area (Å²) in [6, 6.07) is 52.9. The molecular formula is C78H80N4O2+2. The molecule has 4 heterocycles. The summed E-state index contributed by atoms with van der Waals surface area (Å²) in [4.78, 5) is 4.75. The molecule has 6 nitrogen and oxygen atoms in total. The van der Waals surface area contributed by atoms with Crippen molar-refractivity contribution in [2.24, 2.45) is 0 Å². The third kappa shape index (κ3) is 9.35. The molecular weight excluding hydrogens is 1020 g/mol. The number of ether oxygens (including phenoxy) is 2. The molecule has 0 aliphatic carbocycles. The van der Waals surface area contributed by atoms with Gasteiger partial charge in [0, 0.05) is 69.0 Å². The quantitative estimate of drug-likeness (QED) is 0.0617. The van der Waals surface area contributed by atoms with Crippen LogP contribution in [0.25, 0.3) is 43.1 Å². The zero-order valence-corrected chi connectivity index (χ0v) is 51.3. The Kier molecular flexibility index (Phi) is 14.5. The third-order valence-corrected chi connectivity index (χ3v) is 18.6. The smallest absolute Gasteiger partial charge is 0.210 e. The van der Waals surface area contributed by atoms with Crippen LogP contribution in [0.5, 0.6) is 0 Å². The van der Waals surface area contributed by atoms with Gasteiger partial charge in [-0.05, 0) is 139 Å². The fourth-order valence-electron chi connectivity index (χ4n) is 14.8. The van der Waals surface area contributed by atoms with Crippen LogP contribution in [0.3, 0.4) is 0 Å². The molecule has 0 saturated heterocycles. The summed E-state index contributed by atoms with van der Waals surface area (Å²) in [6.45, 7) is 25.0. The van der Waals surface area contributed by atoms with E-state index in [1.54, 1.807) is 0 Å². The molecule has 2 atom stereocenters. The van der Waals surface area contributed by atoms with Gasteiger partial charge in [0.15, 0.2) is 17.7 Å². The number of anilines is 2. The number of rotatable bonds is 14. The van der Waals surface area contributed by atoms with Crippen molar-refractivity contribution in [1.29, 1.82) is 0 Å². The molecule has 6 heteroatoms. The predicted molar refractivity (Wildman–Crippen MR) is 356 cm³/mol. The first kappa shape index (κ1) is 56.1. The van der Waals surface area contributed by atoms with Gasteiger partial charge in [0.1, 0.15) is 26.6 Å². The first-order valence-electron chi connectivity index (χ1n) is 30.0. The molecule has 0 fully saturated rings. The normalized spacial score (nSPS) is 19.9. The van der Waals surface area contributed by atoms with Crippen LogP contribution in [0.15, 0.2) is 242 Å². The number of nitrogens with zero attached hydrogens (tertiary/aromatic N) is 4. The van der Waals surface area contributed by atoms with Crippen molar-refractivity contribution in [3.05, 3.63) is 264 Å². The Balaban J connectivity index is 0.782. The highest BCUT2D eigenvalue weighted by Gasteiger charge is 2.48. The lowest BCUT2D eigenvalue weighted by atomic mass is 9.79. The fraction of sp³-hybridized carbons (Fsp3) is 0.256. The Morgan fingerprint density at radius 1 is 0.357 bits per heavy atom. The summed E-state index contributed by atoms with van der Waals surface area (Å²) >= 11 is 0. The van der Waals surface area contributed by atoms with E-state index in [4.69, 9.17) is 9.47 Å². The number of hydrogen-bond donors (Lipinski definition) is 0. The highest BCUT2D eigenvalue weighted by atomic mass is 16.7. The van der Waals surface area contributed by atoms with E-state index in [2.05, 4.69) is 333 Å². The molecule has 2 unspecified atom stereocenters. The zero-order chi connectivity index (χ0) is 58.9. The molecule has 0 saturated carbocycles. The zero-order valence-electron chi connectivity index (χ0n) is 51.3. The second-order valence-corrected chi connectivity index (χ2v) is 25.3. The van der Waals surface area contributed by atoms with Crippen LogP contribution in [0, 0.1) is 0 Å². The van der Waals surface area contributed by atoms with E-state index in [0.29, 0.717) is 0 Å². The molecule has 8 aromatic rings. The standard InChI is InChI=1S/C78H80N4O2/c1-52(81-65-50-46-57-34-26-30-38-61(57)73(65)77(8,9)69(81)42-22-18-14-16-20-40-67-75(4,5)71-59-36-28-24-32-55(59)44-48-63(71)79(67)12)83-54(3)84-53(2)82-66-51-47-58-35-27-31-39-62(58)74(66)78(10,11)70(82)43-23-19-15-17-21-41-68-76(6,7)72-60-37-29-25-33-56(60)45-49-64(72)80(68)13/h14-54H,1-13H3/q+2. The minimum absolute atomic E-state index is 0.137. The first-order chi connectivity index (χ1) is 40.3. The predicted octanol–water partition coefficient (Wildman–Crippen LogP) is 18.8. The molecule has 0 amide bonds. The molecule has 0 radical (unpaired) electrons. The molecule has 4 aliphatic rings. The van der Waals surface area contributed by atoms with Gasteiger partial charge in [-0.15, -0.1) is 0 Å². The van der Waals surface area contributed by atoms with E-state index in [1.165, 1.54) is 88.1 Å². The average Bonchev–Trinajstić information content (AvgIpc) is 4.17. The van der Waals surface area contributed by atoms with Gasteiger partial charge in [-0.1, -0.05) is 198 Å². The maximum absolute atomic E-state index is 7.04. The largest absolute Gasteiger partial charge is 0.330 e. The number of allylic oxidation sites excluding steroid dienone is 16. The van der Waals surface area contributed by atoms with Gasteiger partial charge >= 0.3 is 0 Å². The highest BCUT2D eigenvalue weighted by Crippen LogP contribution is 2.54. The second-order valence-electron chi connectivity index (χ2n) is 25.3. The molecule has 0 spiro atoms.